The van der Waals surface area contributed by atoms with Crippen molar-refractivity contribution in [3.63, 3.8) is 0 Å². The maximum Gasteiger partial charge on any atom is 0.328 e. The summed E-state index contributed by atoms with van der Waals surface area (Å²) >= 11 is 0. The lowest BCUT2D eigenvalue weighted by Gasteiger charge is -2.13. The van der Waals surface area contributed by atoms with E-state index in [1.54, 1.807) is 31.3 Å². The summed E-state index contributed by atoms with van der Waals surface area (Å²) in [5.41, 5.74) is 3.24. The van der Waals surface area contributed by atoms with Crippen LogP contribution in [0, 0.1) is 0 Å². The van der Waals surface area contributed by atoms with Crippen molar-refractivity contribution in [3.8, 4) is 11.6 Å². The smallest absolute Gasteiger partial charge is 0.328 e. The molecule has 0 radical (unpaired) electrons. The van der Waals surface area contributed by atoms with Gasteiger partial charge in [-0.2, -0.15) is 0 Å². The van der Waals surface area contributed by atoms with Gasteiger partial charge in [0, 0.05) is 23.8 Å². The van der Waals surface area contributed by atoms with E-state index < -0.39 is 11.8 Å². The fraction of sp³-hybridized carbons (Fsp3) is 0.240. The Kier molecular flexibility index (Phi) is 6.55. The molecule has 3 aromatic rings. The largest absolute Gasteiger partial charge is 0.493 e. The van der Waals surface area contributed by atoms with Gasteiger partial charge >= 0.3 is 5.69 Å². The number of aliphatic hydroxyl groups excluding tert-OH is 1. The van der Waals surface area contributed by atoms with Gasteiger partial charge in [0.15, 0.2) is 0 Å². The second kappa shape index (κ2) is 9.70. The quantitative estimate of drug-likeness (QED) is 0.466. The summed E-state index contributed by atoms with van der Waals surface area (Å²) in [6.07, 6.45) is 3.47. The minimum atomic E-state index is -1.02. The lowest BCUT2D eigenvalue weighted by atomic mass is 10.1. The number of ketones is 1. The van der Waals surface area contributed by atoms with E-state index in [1.165, 1.54) is 0 Å². The van der Waals surface area contributed by atoms with Crippen molar-refractivity contribution in [2.75, 3.05) is 6.61 Å². The van der Waals surface area contributed by atoms with Crippen molar-refractivity contribution in [2.45, 2.75) is 32.4 Å². The number of hydrogen-bond donors (Lipinski definition) is 3. The van der Waals surface area contributed by atoms with Gasteiger partial charge in [0.1, 0.15) is 29.9 Å². The highest BCUT2D eigenvalue weighted by Crippen LogP contribution is 2.32. The molecule has 1 aliphatic heterocycles. The zero-order chi connectivity index (χ0) is 23.4. The van der Waals surface area contributed by atoms with Crippen LogP contribution in [0.5, 0.6) is 11.6 Å². The Balaban J connectivity index is 1.38. The maximum absolute atomic E-state index is 12.3. The number of carbonyl (C=O) groups is 1. The van der Waals surface area contributed by atoms with Crippen LogP contribution in [-0.2, 0) is 17.8 Å². The molecule has 170 valence electrons. The van der Waals surface area contributed by atoms with Crippen LogP contribution in [0.2, 0.25) is 0 Å². The van der Waals surface area contributed by atoms with Crippen LogP contribution in [0.25, 0.3) is 11.6 Å². The molecule has 0 aliphatic carbocycles. The number of fused-ring (bicyclic) bond motifs is 1. The van der Waals surface area contributed by atoms with Gasteiger partial charge in [-0.3, -0.25) is 9.56 Å². The molecular weight excluding hydrogens is 422 g/mol. The predicted molar refractivity (Wildman–Crippen MR) is 126 cm³/mol. The van der Waals surface area contributed by atoms with Gasteiger partial charge in [0.25, 0.3) is 0 Å². The molecular formula is C25H25N3O5. The molecule has 0 saturated heterocycles. The number of hydrogen-bond acceptors (Lipinski definition) is 6. The van der Waals surface area contributed by atoms with Gasteiger partial charge < -0.3 is 24.7 Å². The molecule has 0 spiro atoms. The number of carbonyl (C=O) groups excluding carboxylic acids is 1. The van der Waals surface area contributed by atoms with Crippen LogP contribution in [0.4, 0.5) is 5.69 Å². The lowest BCUT2D eigenvalue weighted by molar-refractivity contribution is -0.116. The molecule has 0 fully saturated rings. The first-order valence-corrected chi connectivity index (χ1v) is 10.7. The molecule has 1 aliphatic rings. The number of aliphatic hydroxyl groups is 1. The van der Waals surface area contributed by atoms with E-state index in [0.29, 0.717) is 18.6 Å². The van der Waals surface area contributed by atoms with Crippen LogP contribution in [0.1, 0.15) is 30.2 Å². The number of nitrogens with one attached hydrogen (secondary N) is 1. The minimum absolute atomic E-state index is 0.0552. The molecule has 3 N–H and O–H groups in total. The van der Waals surface area contributed by atoms with E-state index in [2.05, 4.69) is 9.98 Å². The van der Waals surface area contributed by atoms with E-state index in [9.17, 15) is 19.8 Å². The third-order valence-electron chi connectivity index (χ3n) is 5.37. The Morgan fingerprint density at radius 2 is 1.97 bits per heavy atom. The third-order valence-corrected chi connectivity index (χ3v) is 5.37. The number of benzene rings is 2. The molecule has 2 aromatic carbocycles. The normalized spacial score (nSPS) is 14.4. The average Bonchev–Trinajstić information content (AvgIpc) is 3.33. The minimum Gasteiger partial charge on any atom is -0.493 e. The summed E-state index contributed by atoms with van der Waals surface area (Å²) in [5, 5.41) is 20.9. The summed E-state index contributed by atoms with van der Waals surface area (Å²) in [4.78, 5) is 30.4. The van der Waals surface area contributed by atoms with Crippen molar-refractivity contribution < 1.29 is 19.7 Å². The van der Waals surface area contributed by atoms with Gasteiger partial charge in [0.2, 0.25) is 5.88 Å². The first kappa shape index (κ1) is 22.3. The number of allylic oxidation sites excluding steroid dienone is 1. The number of aryl methyl sites for hydroxylation is 1. The number of H-pyrrole nitrogens is 1. The van der Waals surface area contributed by atoms with E-state index in [4.69, 9.17) is 4.74 Å². The van der Waals surface area contributed by atoms with Crippen molar-refractivity contribution in [1.29, 1.82) is 0 Å². The number of para-hydroxylation sites is 1. The Bertz CT molecular complexity index is 1270. The molecule has 33 heavy (non-hydrogen) atoms. The molecule has 1 unspecified atom stereocenters. The fourth-order valence-electron chi connectivity index (χ4n) is 3.59. The van der Waals surface area contributed by atoms with Crippen molar-refractivity contribution in [2.24, 2.45) is 4.99 Å². The van der Waals surface area contributed by atoms with Gasteiger partial charge in [-0.25, -0.2) is 4.79 Å². The van der Waals surface area contributed by atoms with Crippen LogP contribution in [0.15, 0.2) is 58.3 Å². The standard InChI is InChI=1S/C25H25N3O5/c1-16(29)6-7-17-8-10-20(11-9-17)33-15-19(30)14-28-24(31)23(27-25(28)32)12-18-13-26-22-5-3-2-4-21(18)22/h2-5,8-13,19,30-31H,6-7,14-15H2,1H3,(H,27,32). The monoisotopic (exact) mass is 447 g/mol. The fourth-order valence-corrected chi connectivity index (χ4v) is 3.59. The molecule has 1 aromatic heterocycles. The Morgan fingerprint density at radius 3 is 2.73 bits per heavy atom. The van der Waals surface area contributed by atoms with E-state index >= 15 is 0 Å². The highest BCUT2D eigenvalue weighted by molar-refractivity contribution is 6.21. The van der Waals surface area contributed by atoms with E-state index in [-0.39, 0.29) is 30.5 Å². The zero-order valence-electron chi connectivity index (χ0n) is 18.2. The summed E-state index contributed by atoms with van der Waals surface area (Å²) < 4.78 is 6.67. The van der Waals surface area contributed by atoms with Gasteiger partial charge in [0.05, 0.1) is 12.2 Å². The zero-order valence-corrected chi connectivity index (χ0v) is 18.2. The van der Waals surface area contributed by atoms with Crippen molar-refractivity contribution in [3.05, 3.63) is 75.8 Å². The number of nitrogens with zero attached hydrogens (tertiary/aromatic N) is 2. The van der Waals surface area contributed by atoms with Gasteiger partial charge in [-0.1, -0.05) is 30.3 Å². The molecule has 0 bridgehead atoms. The molecule has 0 amide bonds. The highest BCUT2D eigenvalue weighted by atomic mass is 16.5. The Labute approximate surface area is 190 Å². The summed E-state index contributed by atoms with van der Waals surface area (Å²) in [5.74, 6) is 0.442. The molecule has 0 saturated carbocycles. The first-order chi connectivity index (χ1) is 15.9. The number of aromatic nitrogens is 2. The predicted octanol–water partition coefficient (Wildman–Crippen LogP) is 3.10. The van der Waals surface area contributed by atoms with E-state index in [0.717, 1.165) is 27.0 Å². The van der Waals surface area contributed by atoms with E-state index in [1.807, 2.05) is 36.4 Å². The highest BCUT2D eigenvalue weighted by Gasteiger charge is 2.18. The second-order valence-electron chi connectivity index (χ2n) is 7.96. The van der Waals surface area contributed by atoms with Crippen LogP contribution in [-0.4, -0.2) is 44.5 Å². The average molecular weight is 447 g/mol. The van der Waals surface area contributed by atoms with Crippen molar-refractivity contribution >= 4 is 29.3 Å². The Morgan fingerprint density at radius 1 is 1.21 bits per heavy atom. The SMILES string of the molecule is CC(=O)CCc1ccc(OCC(O)Cn2c(O)c(C=C3C=Nc4ccccc43)[nH]c2=O)cc1. The van der Waals surface area contributed by atoms with Gasteiger partial charge in [-0.05, 0) is 43.2 Å². The van der Waals surface area contributed by atoms with Crippen molar-refractivity contribution in [1.82, 2.24) is 9.55 Å². The van der Waals surface area contributed by atoms with Crippen LogP contribution < -0.4 is 10.4 Å². The molecule has 1 atom stereocenters. The number of aliphatic imine (C=N–C) groups is 1. The molecule has 2 heterocycles. The summed E-state index contributed by atoms with van der Waals surface area (Å²) in [6, 6.07) is 14.9. The topological polar surface area (TPSA) is 117 Å². The molecule has 4 rings (SSSR count). The summed E-state index contributed by atoms with van der Waals surface area (Å²) in [7, 11) is 0. The number of imidazole rings is 1. The van der Waals surface area contributed by atoms with Crippen LogP contribution >= 0.6 is 0 Å². The number of Topliss-reactive ketones (excluding diaryl/α,β-unsaturated/α-hetero) is 1. The summed E-state index contributed by atoms with van der Waals surface area (Å²) in [6.45, 7) is 1.38. The molecule has 8 heteroatoms. The van der Waals surface area contributed by atoms with Gasteiger partial charge in [-0.15, -0.1) is 0 Å². The molecule has 8 nitrogen and oxygen atoms in total. The second-order valence-corrected chi connectivity index (χ2v) is 7.96. The number of aromatic amines is 1. The van der Waals surface area contributed by atoms with Crippen LogP contribution in [0.3, 0.4) is 0 Å². The third kappa shape index (κ3) is 5.30. The lowest BCUT2D eigenvalue weighted by Crippen LogP contribution is -2.28. The Hall–Kier alpha value is -3.91. The first-order valence-electron chi connectivity index (χ1n) is 10.7. The number of rotatable bonds is 9. The number of ether oxygens (including phenoxy) is 1. The maximum atomic E-state index is 12.3. The number of aromatic hydroxyl groups is 1.